The van der Waals surface area contributed by atoms with Gasteiger partial charge in [-0.25, -0.2) is 4.99 Å². The molecule has 2 aliphatic heterocycles. The maximum absolute atomic E-state index is 4.61. The predicted octanol–water partition coefficient (Wildman–Crippen LogP) is 1.70. The molecule has 2 aliphatic rings. The zero-order valence-corrected chi connectivity index (χ0v) is 8.44. The predicted molar refractivity (Wildman–Crippen MR) is 59.1 cm³/mol. The molecule has 3 nitrogen and oxygen atoms in total. The maximum atomic E-state index is 4.61. The number of rotatable bonds is 0. The molecular weight excluding hydrogens is 174 g/mol. The Balaban J connectivity index is 2.15. The van der Waals surface area contributed by atoms with E-state index in [1.165, 1.54) is 11.4 Å². The number of benzene rings is 1. The van der Waals surface area contributed by atoms with Crippen molar-refractivity contribution in [3.8, 4) is 0 Å². The molecule has 1 aromatic rings. The van der Waals surface area contributed by atoms with Crippen LogP contribution in [-0.4, -0.2) is 25.6 Å². The highest BCUT2D eigenvalue weighted by Gasteiger charge is 2.34. The highest BCUT2D eigenvalue weighted by molar-refractivity contribution is 6.16. The summed E-state index contributed by atoms with van der Waals surface area (Å²) < 4.78 is 0. The lowest BCUT2D eigenvalue weighted by Gasteiger charge is -2.13. The lowest BCUT2D eigenvalue weighted by atomic mass is 10.2. The van der Waals surface area contributed by atoms with Crippen molar-refractivity contribution in [2.45, 2.75) is 13.0 Å². The topological polar surface area (TPSA) is 18.8 Å². The SMILES string of the molecule is CC1CN2C(=N1)N(C)c1ccccc12. The van der Waals surface area contributed by atoms with Gasteiger partial charge >= 0.3 is 0 Å². The van der Waals surface area contributed by atoms with Gasteiger partial charge in [-0.05, 0) is 19.1 Å². The van der Waals surface area contributed by atoms with Crippen LogP contribution in [0.5, 0.6) is 0 Å². The van der Waals surface area contributed by atoms with Gasteiger partial charge in [-0.3, -0.25) is 0 Å². The largest absolute Gasteiger partial charge is 0.313 e. The van der Waals surface area contributed by atoms with Crippen molar-refractivity contribution in [3.63, 3.8) is 0 Å². The standard InChI is InChI=1S/C11H13N3/c1-8-7-14-10-6-4-3-5-9(10)13(2)11(14)12-8/h3-6,8H,7H2,1-2H3. The molecule has 1 aromatic carbocycles. The zero-order chi connectivity index (χ0) is 9.71. The van der Waals surface area contributed by atoms with Crippen molar-refractivity contribution in [1.82, 2.24) is 0 Å². The van der Waals surface area contributed by atoms with E-state index >= 15 is 0 Å². The van der Waals surface area contributed by atoms with Crippen LogP contribution < -0.4 is 9.80 Å². The minimum atomic E-state index is 0.417. The van der Waals surface area contributed by atoms with Gasteiger partial charge in [0, 0.05) is 13.6 Å². The van der Waals surface area contributed by atoms with Crippen molar-refractivity contribution < 1.29 is 0 Å². The smallest absolute Gasteiger partial charge is 0.206 e. The van der Waals surface area contributed by atoms with Crippen LogP contribution in [0.15, 0.2) is 29.3 Å². The van der Waals surface area contributed by atoms with Crippen LogP contribution in [0.25, 0.3) is 0 Å². The van der Waals surface area contributed by atoms with Crippen LogP contribution in [-0.2, 0) is 0 Å². The minimum absolute atomic E-state index is 0.417. The number of para-hydroxylation sites is 2. The molecule has 0 N–H and O–H groups in total. The van der Waals surface area contributed by atoms with Crippen molar-refractivity contribution in [2.24, 2.45) is 4.99 Å². The summed E-state index contributed by atoms with van der Waals surface area (Å²) >= 11 is 0. The van der Waals surface area contributed by atoms with Gasteiger partial charge in [-0.1, -0.05) is 12.1 Å². The molecule has 14 heavy (non-hydrogen) atoms. The highest BCUT2D eigenvalue weighted by atomic mass is 15.5. The summed E-state index contributed by atoms with van der Waals surface area (Å²) in [5.74, 6) is 1.10. The average molecular weight is 187 g/mol. The summed E-state index contributed by atoms with van der Waals surface area (Å²) in [7, 11) is 2.08. The molecule has 0 bridgehead atoms. The van der Waals surface area contributed by atoms with Crippen LogP contribution in [0.1, 0.15) is 6.92 Å². The fourth-order valence-corrected chi connectivity index (χ4v) is 2.21. The van der Waals surface area contributed by atoms with E-state index in [0.717, 1.165) is 12.5 Å². The van der Waals surface area contributed by atoms with Gasteiger partial charge in [0.05, 0.1) is 17.4 Å². The normalized spacial score (nSPS) is 23.6. The highest BCUT2D eigenvalue weighted by Crippen LogP contribution is 2.38. The molecule has 3 heteroatoms. The lowest BCUT2D eigenvalue weighted by Crippen LogP contribution is -2.32. The van der Waals surface area contributed by atoms with E-state index in [1.807, 2.05) is 0 Å². The summed E-state index contributed by atoms with van der Waals surface area (Å²) in [5.41, 5.74) is 2.55. The van der Waals surface area contributed by atoms with Crippen LogP contribution in [0.3, 0.4) is 0 Å². The van der Waals surface area contributed by atoms with Gasteiger partial charge < -0.3 is 9.80 Å². The first-order valence-electron chi connectivity index (χ1n) is 4.95. The molecule has 0 aromatic heterocycles. The second kappa shape index (κ2) is 2.50. The van der Waals surface area contributed by atoms with Gasteiger partial charge in [0.25, 0.3) is 0 Å². The second-order valence-corrected chi connectivity index (χ2v) is 3.94. The summed E-state index contributed by atoms with van der Waals surface area (Å²) in [4.78, 5) is 9.07. The number of anilines is 2. The summed E-state index contributed by atoms with van der Waals surface area (Å²) in [6.07, 6.45) is 0. The van der Waals surface area contributed by atoms with Crippen LogP contribution >= 0.6 is 0 Å². The number of fused-ring (bicyclic) bond motifs is 3. The number of nitrogens with zero attached hydrogens (tertiary/aromatic N) is 3. The Labute approximate surface area is 83.7 Å². The first kappa shape index (κ1) is 7.85. The number of guanidine groups is 1. The molecule has 1 unspecified atom stereocenters. The van der Waals surface area contributed by atoms with E-state index in [-0.39, 0.29) is 0 Å². The van der Waals surface area contributed by atoms with E-state index in [4.69, 9.17) is 0 Å². The Morgan fingerprint density at radius 2 is 2.00 bits per heavy atom. The molecule has 0 amide bonds. The molecule has 1 atom stereocenters. The second-order valence-electron chi connectivity index (χ2n) is 3.94. The van der Waals surface area contributed by atoms with Gasteiger partial charge in [0.15, 0.2) is 0 Å². The first-order valence-corrected chi connectivity index (χ1v) is 4.95. The van der Waals surface area contributed by atoms with E-state index < -0.39 is 0 Å². The van der Waals surface area contributed by atoms with E-state index in [2.05, 4.69) is 53.0 Å². The fraction of sp³-hybridized carbons (Fsp3) is 0.364. The Morgan fingerprint density at radius 1 is 1.29 bits per heavy atom. The number of hydrogen-bond donors (Lipinski definition) is 0. The third-order valence-corrected chi connectivity index (χ3v) is 2.86. The first-order chi connectivity index (χ1) is 6.77. The molecule has 0 fully saturated rings. The van der Waals surface area contributed by atoms with Crippen LogP contribution in [0.2, 0.25) is 0 Å². The molecule has 0 saturated carbocycles. The monoisotopic (exact) mass is 187 g/mol. The quantitative estimate of drug-likeness (QED) is 0.615. The molecule has 72 valence electrons. The van der Waals surface area contributed by atoms with E-state index in [1.54, 1.807) is 0 Å². The summed E-state index contributed by atoms with van der Waals surface area (Å²) in [6.45, 7) is 3.17. The van der Waals surface area contributed by atoms with Gasteiger partial charge in [0.1, 0.15) is 0 Å². The summed E-state index contributed by atoms with van der Waals surface area (Å²) in [5, 5.41) is 0. The molecular formula is C11H13N3. The molecule has 3 rings (SSSR count). The Kier molecular flexibility index (Phi) is 1.40. The number of hydrogen-bond acceptors (Lipinski definition) is 3. The molecule has 0 spiro atoms. The Hall–Kier alpha value is -1.51. The number of aliphatic imine (C=N–C) groups is 1. The Morgan fingerprint density at radius 3 is 2.79 bits per heavy atom. The zero-order valence-electron chi connectivity index (χ0n) is 8.44. The average Bonchev–Trinajstić information content (AvgIpc) is 2.68. The third-order valence-electron chi connectivity index (χ3n) is 2.86. The molecule has 0 radical (unpaired) electrons. The van der Waals surface area contributed by atoms with Gasteiger partial charge in [-0.2, -0.15) is 0 Å². The van der Waals surface area contributed by atoms with Crippen LogP contribution in [0.4, 0.5) is 11.4 Å². The van der Waals surface area contributed by atoms with Crippen LogP contribution in [0, 0.1) is 0 Å². The van der Waals surface area contributed by atoms with Crippen molar-refractivity contribution in [3.05, 3.63) is 24.3 Å². The molecule has 0 aliphatic carbocycles. The van der Waals surface area contributed by atoms with Gasteiger partial charge in [-0.15, -0.1) is 0 Å². The van der Waals surface area contributed by atoms with Gasteiger partial charge in [0.2, 0.25) is 5.96 Å². The van der Waals surface area contributed by atoms with Crippen molar-refractivity contribution >= 4 is 17.3 Å². The minimum Gasteiger partial charge on any atom is -0.313 e. The Bertz CT molecular complexity index is 411. The van der Waals surface area contributed by atoms with E-state index in [0.29, 0.717) is 6.04 Å². The maximum Gasteiger partial charge on any atom is 0.206 e. The molecule has 0 saturated heterocycles. The van der Waals surface area contributed by atoms with Crippen molar-refractivity contribution in [2.75, 3.05) is 23.4 Å². The summed E-state index contributed by atoms with van der Waals surface area (Å²) in [6, 6.07) is 8.87. The molecule has 2 heterocycles. The third kappa shape index (κ3) is 0.842. The van der Waals surface area contributed by atoms with E-state index in [9.17, 15) is 0 Å². The fourth-order valence-electron chi connectivity index (χ4n) is 2.21. The lowest BCUT2D eigenvalue weighted by molar-refractivity contribution is 0.795. The van der Waals surface area contributed by atoms with Crippen molar-refractivity contribution in [1.29, 1.82) is 0 Å².